The van der Waals surface area contributed by atoms with E-state index in [1.807, 2.05) is 42.5 Å². The van der Waals surface area contributed by atoms with E-state index in [9.17, 15) is 4.79 Å². The summed E-state index contributed by atoms with van der Waals surface area (Å²) in [5, 5.41) is 0. The summed E-state index contributed by atoms with van der Waals surface area (Å²) in [4.78, 5) is 20.7. The fourth-order valence-electron chi connectivity index (χ4n) is 2.06. The SMILES string of the molecule is Cn1c(-c2ccccc2)nc(-c2ccncc2)cc1=O. The van der Waals surface area contributed by atoms with E-state index >= 15 is 0 Å². The first-order valence-electron chi connectivity index (χ1n) is 6.29. The second-order valence-corrected chi connectivity index (χ2v) is 4.46. The molecule has 0 amide bonds. The molecule has 0 atom stereocenters. The highest BCUT2D eigenvalue weighted by Gasteiger charge is 2.09. The Morgan fingerprint density at radius 2 is 1.65 bits per heavy atom. The quantitative estimate of drug-likeness (QED) is 0.713. The van der Waals surface area contributed by atoms with E-state index in [0.717, 1.165) is 11.1 Å². The van der Waals surface area contributed by atoms with Gasteiger partial charge < -0.3 is 0 Å². The van der Waals surface area contributed by atoms with Crippen molar-refractivity contribution in [1.82, 2.24) is 14.5 Å². The van der Waals surface area contributed by atoms with E-state index in [4.69, 9.17) is 0 Å². The number of pyridine rings is 1. The number of nitrogens with zero attached hydrogens (tertiary/aromatic N) is 3. The van der Waals surface area contributed by atoms with Gasteiger partial charge in [0.1, 0.15) is 5.82 Å². The molecule has 0 bridgehead atoms. The molecule has 0 radical (unpaired) electrons. The fraction of sp³-hybridized carbons (Fsp3) is 0.0625. The van der Waals surface area contributed by atoms with Gasteiger partial charge in [-0.1, -0.05) is 30.3 Å². The first kappa shape index (κ1) is 12.3. The summed E-state index contributed by atoms with van der Waals surface area (Å²) in [6, 6.07) is 14.9. The predicted molar refractivity (Wildman–Crippen MR) is 78.1 cm³/mol. The van der Waals surface area contributed by atoms with E-state index in [-0.39, 0.29) is 5.56 Å². The van der Waals surface area contributed by atoms with E-state index in [0.29, 0.717) is 11.5 Å². The zero-order valence-corrected chi connectivity index (χ0v) is 11.0. The second kappa shape index (κ2) is 5.09. The van der Waals surface area contributed by atoms with Gasteiger partial charge in [-0.15, -0.1) is 0 Å². The van der Waals surface area contributed by atoms with Crippen molar-refractivity contribution >= 4 is 0 Å². The summed E-state index contributed by atoms with van der Waals surface area (Å²) in [5.41, 5.74) is 2.39. The molecule has 3 aromatic rings. The van der Waals surface area contributed by atoms with Crippen molar-refractivity contribution in [2.24, 2.45) is 7.05 Å². The molecule has 0 saturated heterocycles. The van der Waals surface area contributed by atoms with Crippen LogP contribution in [0, 0.1) is 0 Å². The molecule has 4 heteroatoms. The molecule has 2 heterocycles. The Labute approximate surface area is 116 Å². The minimum absolute atomic E-state index is 0.0781. The maximum atomic E-state index is 12.1. The van der Waals surface area contributed by atoms with Crippen LogP contribution in [0.4, 0.5) is 0 Å². The number of benzene rings is 1. The molecule has 0 aliphatic heterocycles. The van der Waals surface area contributed by atoms with Gasteiger partial charge in [-0.05, 0) is 12.1 Å². The van der Waals surface area contributed by atoms with Crippen molar-refractivity contribution in [3.8, 4) is 22.6 Å². The summed E-state index contributed by atoms with van der Waals surface area (Å²) in [7, 11) is 1.73. The topological polar surface area (TPSA) is 47.8 Å². The maximum absolute atomic E-state index is 12.1. The average molecular weight is 263 g/mol. The van der Waals surface area contributed by atoms with Crippen molar-refractivity contribution < 1.29 is 0 Å². The van der Waals surface area contributed by atoms with Gasteiger partial charge in [0.25, 0.3) is 5.56 Å². The van der Waals surface area contributed by atoms with Crippen LogP contribution in [0.5, 0.6) is 0 Å². The Morgan fingerprint density at radius 1 is 0.950 bits per heavy atom. The summed E-state index contributed by atoms with van der Waals surface area (Å²) >= 11 is 0. The van der Waals surface area contributed by atoms with Gasteiger partial charge in [-0.25, -0.2) is 4.98 Å². The van der Waals surface area contributed by atoms with E-state index in [1.165, 1.54) is 0 Å². The molecule has 0 aliphatic rings. The lowest BCUT2D eigenvalue weighted by Gasteiger charge is -2.09. The van der Waals surface area contributed by atoms with Crippen molar-refractivity contribution in [3.63, 3.8) is 0 Å². The minimum atomic E-state index is -0.0781. The van der Waals surface area contributed by atoms with Crippen molar-refractivity contribution in [1.29, 1.82) is 0 Å². The normalized spacial score (nSPS) is 10.4. The summed E-state index contributed by atoms with van der Waals surface area (Å²) in [5.74, 6) is 0.657. The van der Waals surface area contributed by atoms with Gasteiger partial charge in [0.2, 0.25) is 0 Å². The van der Waals surface area contributed by atoms with Gasteiger partial charge in [-0.3, -0.25) is 14.3 Å². The molecule has 98 valence electrons. The third-order valence-electron chi connectivity index (χ3n) is 3.14. The van der Waals surface area contributed by atoms with Crippen LogP contribution in [0.25, 0.3) is 22.6 Å². The molecule has 2 aromatic heterocycles. The Morgan fingerprint density at radius 3 is 2.35 bits per heavy atom. The Balaban J connectivity index is 2.22. The van der Waals surface area contributed by atoms with Gasteiger partial charge in [0.05, 0.1) is 5.69 Å². The minimum Gasteiger partial charge on any atom is -0.296 e. The standard InChI is InChI=1S/C16H13N3O/c1-19-15(20)11-14(12-7-9-17-10-8-12)18-16(19)13-5-3-2-4-6-13/h2-11H,1H3. The van der Waals surface area contributed by atoms with Crippen LogP contribution in [0.2, 0.25) is 0 Å². The van der Waals surface area contributed by atoms with Gasteiger partial charge in [0.15, 0.2) is 0 Å². The van der Waals surface area contributed by atoms with Crippen LogP contribution in [0.3, 0.4) is 0 Å². The van der Waals surface area contributed by atoms with Crippen molar-refractivity contribution in [2.75, 3.05) is 0 Å². The number of aromatic nitrogens is 3. The highest BCUT2D eigenvalue weighted by molar-refractivity contribution is 5.63. The monoisotopic (exact) mass is 263 g/mol. The Bertz CT molecular complexity index is 780. The lowest BCUT2D eigenvalue weighted by atomic mass is 10.1. The van der Waals surface area contributed by atoms with Crippen LogP contribution in [0.15, 0.2) is 65.7 Å². The largest absolute Gasteiger partial charge is 0.296 e. The second-order valence-electron chi connectivity index (χ2n) is 4.46. The molecule has 0 N–H and O–H groups in total. The average Bonchev–Trinajstić information content (AvgIpc) is 2.51. The lowest BCUT2D eigenvalue weighted by molar-refractivity contribution is 0.840. The third-order valence-corrected chi connectivity index (χ3v) is 3.14. The van der Waals surface area contributed by atoms with Gasteiger partial charge >= 0.3 is 0 Å². The first-order chi connectivity index (χ1) is 9.75. The fourth-order valence-corrected chi connectivity index (χ4v) is 2.06. The molecular weight excluding hydrogens is 250 g/mol. The zero-order chi connectivity index (χ0) is 13.9. The highest BCUT2D eigenvalue weighted by atomic mass is 16.1. The van der Waals surface area contributed by atoms with E-state index in [2.05, 4.69) is 9.97 Å². The molecule has 0 saturated carbocycles. The van der Waals surface area contributed by atoms with Crippen LogP contribution >= 0.6 is 0 Å². The zero-order valence-electron chi connectivity index (χ0n) is 11.0. The lowest BCUT2D eigenvalue weighted by Crippen LogP contribution is -2.19. The molecule has 0 spiro atoms. The summed E-state index contributed by atoms with van der Waals surface area (Å²) in [6.45, 7) is 0. The summed E-state index contributed by atoms with van der Waals surface area (Å²) < 4.78 is 1.56. The molecule has 20 heavy (non-hydrogen) atoms. The molecule has 0 aliphatic carbocycles. The van der Waals surface area contributed by atoms with Crippen molar-refractivity contribution in [3.05, 3.63) is 71.3 Å². The van der Waals surface area contributed by atoms with E-state index in [1.54, 1.807) is 30.1 Å². The van der Waals surface area contributed by atoms with Crippen LogP contribution in [0.1, 0.15) is 0 Å². The number of hydrogen-bond donors (Lipinski definition) is 0. The molecular formula is C16H13N3O. The molecule has 4 nitrogen and oxygen atoms in total. The van der Waals surface area contributed by atoms with Crippen molar-refractivity contribution in [2.45, 2.75) is 0 Å². The third kappa shape index (κ3) is 2.23. The molecule has 0 fully saturated rings. The Kier molecular flexibility index (Phi) is 3.13. The molecule has 0 unspecified atom stereocenters. The Hall–Kier alpha value is -2.75. The molecule has 1 aromatic carbocycles. The van der Waals surface area contributed by atoms with Gasteiger partial charge in [-0.2, -0.15) is 0 Å². The van der Waals surface area contributed by atoms with E-state index < -0.39 is 0 Å². The van der Waals surface area contributed by atoms with Crippen LogP contribution < -0.4 is 5.56 Å². The first-order valence-corrected chi connectivity index (χ1v) is 6.29. The summed E-state index contributed by atoms with van der Waals surface area (Å²) in [6.07, 6.45) is 3.38. The molecule has 3 rings (SSSR count). The number of rotatable bonds is 2. The van der Waals surface area contributed by atoms with Crippen LogP contribution in [-0.4, -0.2) is 14.5 Å². The number of hydrogen-bond acceptors (Lipinski definition) is 3. The van der Waals surface area contributed by atoms with Gasteiger partial charge in [0, 0.05) is 36.6 Å². The predicted octanol–water partition coefficient (Wildman–Crippen LogP) is 2.51. The highest BCUT2D eigenvalue weighted by Crippen LogP contribution is 2.19. The smallest absolute Gasteiger partial charge is 0.254 e. The maximum Gasteiger partial charge on any atom is 0.254 e. The van der Waals surface area contributed by atoms with Crippen LogP contribution in [-0.2, 0) is 7.05 Å².